The van der Waals surface area contributed by atoms with Gasteiger partial charge in [-0.1, -0.05) is 12.1 Å². The Kier molecular flexibility index (Phi) is 4.37. The normalized spacial score (nSPS) is 10.2. The number of nitrogens with one attached hydrogen (secondary N) is 2. The maximum atomic E-state index is 12.5. The number of methoxy groups -OCH3 is 2. The second kappa shape index (κ2) is 6.78. The largest absolute Gasteiger partial charge is 0.497 e. The fourth-order valence-corrected chi connectivity index (χ4v) is 2.20. The number of aromatic nitrogens is 4. The van der Waals surface area contributed by atoms with E-state index in [4.69, 9.17) is 9.47 Å². The van der Waals surface area contributed by atoms with E-state index in [9.17, 15) is 4.79 Å². The molecule has 0 aliphatic heterocycles. The van der Waals surface area contributed by atoms with Gasteiger partial charge in [0.25, 0.3) is 5.91 Å². The van der Waals surface area contributed by atoms with Gasteiger partial charge in [-0.25, -0.2) is 0 Å². The zero-order valence-corrected chi connectivity index (χ0v) is 13.1. The molecule has 0 radical (unpaired) electrons. The summed E-state index contributed by atoms with van der Waals surface area (Å²) in [6.45, 7) is 0. The number of ether oxygens (including phenoxy) is 2. The van der Waals surface area contributed by atoms with E-state index in [1.54, 1.807) is 43.5 Å². The second-order valence-corrected chi connectivity index (χ2v) is 4.84. The van der Waals surface area contributed by atoms with Crippen molar-refractivity contribution in [1.29, 1.82) is 0 Å². The van der Waals surface area contributed by atoms with E-state index in [0.29, 0.717) is 28.6 Å². The number of carbonyl (C=O) groups excluding carboxylic acids is 1. The maximum absolute atomic E-state index is 12.5. The van der Waals surface area contributed by atoms with Crippen molar-refractivity contribution in [2.45, 2.75) is 0 Å². The minimum absolute atomic E-state index is 0.292. The summed E-state index contributed by atoms with van der Waals surface area (Å²) in [7, 11) is 3.06. The van der Waals surface area contributed by atoms with Gasteiger partial charge in [0.05, 0.1) is 19.8 Å². The van der Waals surface area contributed by atoms with Crippen LogP contribution in [0.4, 0.5) is 5.69 Å². The fourth-order valence-electron chi connectivity index (χ4n) is 2.20. The number of nitrogens with zero attached hydrogens (tertiary/aromatic N) is 3. The molecule has 0 aliphatic rings. The molecule has 122 valence electrons. The van der Waals surface area contributed by atoms with Gasteiger partial charge in [-0.2, -0.15) is 5.21 Å². The van der Waals surface area contributed by atoms with Crippen LogP contribution in [0.15, 0.2) is 42.5 Å². The summed E-state index contributed by atoms with van der Waals surface area (Å²) in [4.78, 5) is 12.5. The highest BCUT2D eigenvalue weighted by Gasteiger charge is 2.14. The van der Waals surface area contributed by atoms with Crippen molar-refractivity contribution in [3.63, 3.8) is 0 Å². The smallest absolute Gasteiger partial charge is 0.259 e. The molecule has 2 aromatic carbocycles. The van der Waals surface area contributed by atoms with Crippen LogP contribution in [-0.4, -0.2) is 40.8 Å². The summed E-state index contributed by atoms with van der Waals surface area (Å²) < 4.78 is 10.4. The van der Waals surface area contributed by atoms with E-state index >= 15 is 0 Å². The summed E-state index contributed by atoms with van der Waals surface area (Å²) >= 11 is 0. The van der Waals surface area contributed by atoms with Crippen LogP contribution in [0.3, 0.4) is 0 Å². The standard InChI is InChI=1S/C16H15N5O3/c1-23-12-6-7-13(14(9-12)24-2)16(22)17-11-5-3-4-10(8-11)15-18-20-21-19-15/h3-9H,1-2H3,(H,17,22)(H,18,19,20,21). The third-order valence-electron chi connectivity index (χ3n) is 3.38. The number of carbonyl (C=O) groups is 1. The van der Waals surface area contributed by atoms with Gasteiger partial charge in [-0.05, 0) is 29.5 Å². The molecular formula is C16H15N5O3. The quantitative estimate of drug-likeness (QED) is 0.745. The first-order valence-electron chi connectivity index (χ1n) is 7.08. The van der Waals surface area contributed by atoms with Gasteiger partial charge >= 0.3 is 0 Å². The fraction of sp³-hybridized carbons (Fsp3) is 0.125. The van der Waals surface area contributed by atoms with Crippen LogP contribution < -0.4 is 14.8 Å². The first kappa shape index (κ1) is 15.5. The molecule has 1 aromatic heterocycles. The first-order valence-corrected chi connectivity index (χ1v) is 7.08. The highest BCUT2D eigenvalue weighted by atomic mass is 16.5. The predicted octanol–water partition coefficient (Wildman–Crippen LogP) is 2.14. The highest BCUT2D eigenvalue weighted by molar-refractivity contribution is 6.06. The van der Waals surface area contributed by atoms with Crippen molar-refractivity contribution in [2.24, 2.45) is 0 Å². The Bertz CT molecular complexity index is 849. The average Bonchev–Trinajstić information content (AvgIpc) is 3.16. The van der Waals surface area contributed by atoms with Crippen molar-refractivity contribution < 1.29 is 14.3 Å². The Morgan fingerprint density at radius 1 is 1.12 bits per heavy atom. The van der Waals surface area contributed by atoms with Gasteiger partial charge in [-0.3, -0.25) is 4.79 Å². The summed E-state index contributed by atoms with van der Waals surface area (Å²) in [6, 6.07) is 12.2. The second-order valence-electron chi connectivity index (χ2n) is 4.84. The van der Waals surface area contributed by atoms with E-state index in [1.165, 1.54) is 7.11 Å². The SMILES string of the molecule is COc1ccc(C(=O)Nc2cccc(-c3nn[nH]n3)c2)c(OC)c1. The van der Waals surface area contributed by atoms with Crippen molar-refractivity contribution in [1.82, 2.24) is 20.6 Å². The molecule has 0 atom stereocenters. The lowest BCUT2D eigenvalue weighted by Crippen LogP contribution is -2.13. The molecule has 24 heavy (non-hydrogen) atoms. The van der Waals surface area contributed by atoms with Crippen LogP contribution in [0.2, 0.25) is 0 Å². The zero-order chi connectivity index (χ0) is 16.9. The minimum Gasteiger partial charge on any atom is -0.497 e. The van der Waals surface area contributed by atoms with Crippen LogP contribution in [0.5, 0.6) is 11.5 Å². The molecule has 0 saturated carbocycles. The maximum Gasteiger partial charge on any atom is 0.259 e. The van der Waals surface area contributed by atoms with Crippen LogP contribution in [0.25, 0.3) is 11.4 Å². The van der Waals surface area contributed by atoms with Crippen molar-refractivity contribution >= 4 is 11.6 Å². The molecular weight excluding hydrogens is 310 g/mol. The minimum atomic E-state index is -0.292. The number of aromatic amines is 1. The van der Waals surface area contributed by atoms with E-state index in [0.717, 1.165) is 5.56 Å². The number of tetrazole rings is 1. The monoisotopic (exact) mass is 325 g/mol. The Morgan fingerprint density at radius 2 is 2.00 bits per heavy atom. The molecule has 0 saturated heterocycles. The lowest BCUT2D eigenvalue weighted by Gasteiger charge is -2.11. The molecule has 0 aliphatic carbocycles. The third-order valence-corrected chi connectivity index (χ3v) is 3.38. The van der Waals surface area contributed by atoms with E-state index in [-0.39, 0.29) is 5.91 Å². The highest BCUT2D eigenvalue weighted by Crippen LogP contribution is 2.26. The number of rotatable bonds is 5. The molecule has 8 nitrogen and oxygen atoms in total. The molecule has 1 heterocycles. The van der Waals surface area contributed by atoms with Crippen molar-refractivity contribution in [3.8, 4) is 22.9 Å². The molecule has 0 spiro atoms. The van der Waals surface area contributed by atoms with E-state index in [2.05, 4.69) is 25.9 Å². The third kappa shape index (κ3) is 3.17. The topological polar surface area (TPSA) is 102 Å². The molecule has 0 bridgehead atoms. The van der Waals surface area contributed by atoms with Crippen LogP contribution in [-0.2, 0) is 0 Å². The first-order chi connectivity index (χ1) is 11.7. The Labute approximate surface area is 137 Å². The molecule has 2 N–H and O–H groups in total. The molecule has 8 heteroatoms. The van der Waals surface area contributed by atoms with Gasteiger partial charge < -0.3 is 14.8 Å². The van der Waals surface area contributed by atoms with Gasteiger partial charge in [0.2, 0.25) is 5.82 Å². The number of hydrogen-bond donors (Lipinski definition) is 2. The number of H-pyrrole nitrogens is 1. The Balaban J connectivity index is 1.84. The number of amides is 1. The lowest BCUT2D eigenvalue weighted by atomic mass is 10.1. The predicted molar refractivity (Wildman–Crippen MR) is 87.1 cm³/mol. The molecule has 3 rings (SSSR count). The van der Waals surface area contributed by atoms with E-state index < -0.39 is 0 Å². The van der Waals surface area contributed by atoms with Crippen LogP contribution >= 0.6 is 0 Å². The number of hydrogen-bond acceptors (Lipinski definition) is 6. The molecule has 0 unspecified atom stereocenters. The van der Waals surface area contributed by atoms with Gasteiger partial charge in [0, 0.05) is 17.3 Å². The summed E-state index contributed by atoms with van der Waals surface area (Å²) in [5.74, 6) is 1.21. The van der Waals surface area contributed by atoms with Gasteiger partial charge in [0.15, 0.2) is 0 Å². The van der Waals surface area contributed by atoms with Crippen LogP contribution in [0, 0.1) is 0 Å². The summed E-state index contributed by atoms with van der Waals surface area (Å²) in [5, 5.41) is 16.6. The van der Waals surface area contributed by atoms with Gasteiger partial charge in [0.1, 0.15) is 11.5 Å². The summed E-state index contributed by atoms with van der Waals surface area (Å²) in [6.07, 6.45) is 0. The average molecular weight is 325 g/mol. The summed E-state index contributed by atoms with van der Waals surface area (Å²) in [5.41, 5.74) is 1.76. The molecule has 1 amide bonds. The zero-order valence-electron chi connectivity index (χ0n) is 13.1. The van der Waals surface area contributed by atoms with Gasteiger partial charge in [-0.15, -0.1) is 10.2 Å². The van der Waals surface area contributed by atoms with Crippen molar-refractivity contribution in [2.75, 3.05) is 19.5 Å². The van der Waals surface area contributed by atoms with E-state index in [1.807, 2.05) is 6.07 Å². The molecule has 3 aromatic rings. The Morgan fingerprint density at radius 3 is 2.71 bits per heavy atom. The van der Waals surface area contributed by atoms with Crippen LogP contribution in [0.1, 0.15) is 10.4 Å². The molecule has 0 fully saturated rings. The number of anilines is 1. The van der Waals surface area contributed by atoms with Crippen molar-refractivity contribution in [3.05, 3.63) is 48.0 Å². The Hall–Kier alpha value is -3.42. The lowest BCUT2D eigenvalue weighted by molar-refractivity contribution is 0.102. The number of benzene rings is 2.